The molecule has 2 aromatic rings. The standard InChI is InChI=1S/C22H26N4O3/c1-15-5-3-8-19(11-15)22(29)26-10-9-25(16(2)27)21(26)20(28)24-14-18-7-4-6-17(12-18)13-23/h3-8,11-12,21H,9-10,13-14,23H2,1-2H3,(H,24,28). The first kappa shape index (κ1) is 20.5. The van der Waals surface area contributed by atoms with Crippen LogP contribution in [0.3, 0.4) is 0 Å². The van der Waals surface area contributed by atoms with Crippen molar-refractivity contribution in [3.05, 3.63) is 70.8 Å². The van der Waals surface area contributed by atoms with Crippen LogP contribution in [0.4, 0.5) is 0 Å². The molecule has 1 unspecified atom stereocenters. The Bertz CT molecular complexity index is 928. The molecule has 0 bridgehead atoms. The Morgan fingerprint density at radius 1 is 1.03 bits per heavy atom. The summed E-state index contributed by atoms with van der Waals surface area (Å²) in [5.41, 5.74) is 9.01. The molecule has 2 aromatic carbocycles. The van der Waals surface area contributed by atoms with Gasteiger partial charge in [-0.1, -0.05) is 42.0 Å². The molecule has 7 nitrogen and oxygen atoms in total. The van der Waals surface area contributed by atoms with Crippen LogP contribution in [0.1, 0.15) is 34.0 Å². The van der Waals surface area contributed by atoms with Crippen LogP contribution >= 0.6 is 0 Å². The maximum atomic E-state index is 13.0. The lowest BCUT2D eigenvalue weighted by molar-refractivity contribution is -0.139. The minimum absolute atomic E-state index is 0.241. The van der Waals surface area contributed by atoms with Crippen molar-refractivity contribution in [1.29, 1.82) is 0 Å². The molecule has 1 aliphatic rings. The largest absolute Gasteiger partial charge is 0.349 e. The van der Waals surface area contributed by atoms with Crippen molar-refractivity contribution in [2.45, 2.75) is 33.1 Å². The normalized spacial score (nSPS) is 16.0. The summed E-state index contributed by atoms with van der Waals surface area (Å²) in [4.78, 5) is 41.0. The summed E-state index contributed by atoms with van der Waals surface area (Å²) in [6, 6.07) is 14.8. The predicted molar refractivity (Wildman–Crippen MR) is 110 cm³/mol. The third kappa shape index (κ3) is 4.63. The van der Waals surface area contributed by atoms with E-state index in [1.807, 2.05) is 37.3 Å². The molecule has 1 heterocycles. The van der Waals surface area contributed by atoms with Gasteiger partial charge in [0, 0.05) is 38.7 Å². The smallest absolute Gasteiger partial charge is 0.264 e. The molecule has 3 rings (SSSR count). The minimum Gasteiger partial charge on any atom is -0.349 e. The van der Waals surface area contributed by atoms with E-state index in [0.717, 1.165) is 16.7 Å². The summed E-state index contributed by atoms with van der Waals surface area (Å²) in [6.07, 6.45) is -0.960. The van der Waals surface area contributed by atoms with Gasteiger partial charge in [0.25, 0.3) is 11.8 Å². The molecular weight excluding hydrogens is 368 g/mol. The highest BCUT2D eigenvalue weighted by molar-refractivity contribution is 5.99. The van der Waals surface area contributed by atoms with Crippen molar-refractivity contribution >= 4 is 17.7 Å². The zero-order valence-electron chi connectivity index (χ0n) is 16.7. The van der Waals surface area contributed by atoms with E-state index >= 15 is 0 Å². The number of nitrogens with two attached hydrogens (primary N) is 1. The van der Waals surface area contributed by atoms with E-state index in [0.29, 0.717) is 31.7 Å². The molecule has 152 valence electrons. The van der Waals surface area contributed by atoms with Gasteiger partial charge in [-0.3, -0.25) is 14.4 Å². The average molecular weight is 394 g/mol. The van der Waals surface area contributed by atoms with E-state index in [1.165, 1.54) is 16.7 Å². The summed E-state index contributed by atoms with van der Waals surface area (Å²) < 4.78 is 0. The number of rotatable bonds is 5. The van der Waals surface area contributed by atoms with Gasteiger partial charge in [0.15, 0.2) is 6.17 Å². The number of hydrogen-bond acceptors (Lipinski definition) is 4. The quantitative estimate of drug-likeness (QED) is 0.801. The van der Waals surface area contributed by atoms with Gasteiger partial charge in [-0.05, 0) is 30.2 Å². The highest BCUT2D eigenvalue weighted by Crippen LogP contribution is 2.19. The predicted octanol–water partition coefficient (Wildman–Crippen LogP) is 1.40. The van der Waals surface area contributed by atoms with Crippen LogP contribution in [-0.4, -0.2) is 46.8 Å². The molecule has 1 atom stereocenters. The number of aryl methyl sites for hydroxylation is 1. The SMILES string of the molecule is CC(=O)N1CCN(C(=O)c2cccc(C)c2)C1C(=O)NCc1cccc(CN)c1. The molecule has 1 fully saturated rings. The number of amides is 3. The topological polar surface area (TPSA) is 95.7 Å². The fraction of sp³-hybridized carbons (Fsp3) is 0.318. The number of benzene rings is 2. The molecule has 1 aliphatic heterocycles. The van der Waals surface area contributed by atoms with Crippen LogP contribution in [0.25, 0.3) is 0 Å². The number of nitrogens with one attached hydrogen (secondary N) is 1. The zero-order chi connectivity index (χ0) is 21.0. The highest BCUT2D eigenvalue weighted by atomic mass is 16.2. The third-order valence-corrected chi connectivity index (χ3v) is 5.03. The maximum absolute atomic E-state index is 13.0. The molecule has 0 radical (unpaired) electrons. The van der Waals surface area contributed by atoms with Gasteiger partial charge in [0.05, 0.1) is 0 Å². The maximum Gasteiger partial charge on any atom is 0.264 e. The van der Waals surface area contributed by atoms with Crippen molar-refractivity contribution in [3.63, 3.8) is 0 Å². The molecule has 0 saturated carbocycles. The van der Waals surface area contributed by atoms with Crippen molar-refractivity contribution in [3.8, 4) is 0 Å². The van der Waals surface area contributed by atoms with Crippen molar-refractivity contribution in [2.24, 2.45) is 5.73 Å². The monoisotopic (exact) mass is 394 g/mol. The van der Waals surface area contributed by atoms with Gasteiger partial charge in [0.2, 0.25) is 5.91 Å². The number of hydrogen-bond donors (Lipinski definition) is 2. The third-order valence-electron chi connectivity index (χ3n) is 5.03. The number of carbonyl (C=O) groups is 3. The minimum atomic E-state index is -0.960. The Kier molecular flexibility index (Phi) is 6.29. The number of nitrogens with zero attached hydrogens (tertiary/aromatic N) is 2. The second-order valence-electron chi connectivity index (χ2n) is 7.20. The van der Waals surface area contributed by atoms with Gasteiger partial charge in [-0.25, -0.2) is 0 Å². The van der Waals surface area contributed by atoms with Gasteiger partial charge >= 0.3 is 0 Å². The lowest BCUT2D eigenvalue weighted by atomic mass is 10.1. The van der Waals surface area contributed by atoms with Gasteiger partial charge < -0.3 is 20.9 Å². The first-order valence-corrected chi connectivity index (χ1v) is 9.61. The fourth-order valence-electron chi connectivity index (χ4n) is 3.54. The van der Waals surface area contributed by atoms with Crippen molar-refractivity contribution in [1.82, 2.24) is 15.1 Å². The van der Waals surface area contributed by atoms with Crippen LogP contribution in [-0.2, 0) is 22.7 Å². The molecule has 0 aromatic heterocycles. The Labute approximate surface area is 170 Å². The second kappa shape index (κ2) is 8.87. The Balaban J connectivity index is 1.78. The summed E-state index contributed by atoms with van der Waals surface area (Å²) in [7, 11) is 0. The van der Waals surface area contributed by atoms with Gasteiger partial charge in [0.1, 0.15) is 0 Å². The average Bonchev–Trinajstić information content (AvgIpc) is 3.17. The molecule has 3 N–H and O–H groups in total. The van der Waals surface area contributed by atoms with E-state index in [-0.39, 0.29) is 17.7 Å². The van der Waals surface area contributed by atoms with Crippen molar-refractivity contribution in [2.75, 3.05) is 13.1 Å². The summed E-state index contributed by atoms with van der Waals surface area (Å²) in [6.45, 7) is 4.66. The first-order chi connectivity index (χ1) is 13.9. The number of carbonyl (C=O) groups excluding carboxylic acids is 3. The van der Waals surface area contributed by atoms with Crippen molar-refractivity contribution < 1.29 is 14.4 Å². The Morgan fingerprint density at radius 3 is 2.41 bits per heavy atom. The highest BCUT2D eigenvalue weighted by Gasteiger charge is 2.41. The fourth-order valence-corrected chi connectivity index (χ4v) is 3.54. The van der Waals surface area contributed by atoms with Gasteiger partial charge in [-0.2, -0.15) is 0 Å². The van der Waals surface area contributed by atoms with E-state index in [4.69, 9.17) is 5.73 Å². The Hall–Kier alpha value is -3.19. The molecule has 0 spiro atoms. The van der Waals surface area contributed by atoms with E-state index in [9.17, 15) is 14.4 Å². The summed E-state index contributed by atoms with van der Waals surface area (Å²) >= 11 is 0. The van der Waals surface area contributed by atoms with Crippen LogP contribution in [0.15, 0.2) is 48.5 Å². The molecule has 29 heavy (non-hydrogen) atoms. The first-order valence-electron chi connectivity index (χ1n) is 9.61. The van der Waals surface area contributed by atoms with E-state index in [1.54, 1.807) is 18.2 Å². The van der Waals surface area contributed by atoms with E-state index in [2.05, 4.69) is 5.32 Å². The summed E-state index contributed by atoms with van der Waals surface area (Å²) in [5, 5.41) is 2.86. The molecule has 1 saturated heterocycles. The van der Waals surface area contributed by atoms with E-state index < -0.39 is 6.17 Å². The van der Waals surface area contributed by atoms with Crippen LogP contribution in [0.2, 0.25) is 0 Å². The molecule has 3 amide bonds. The molecular formula is C22H26N4O3. The lowest BCUT2D eigenvalue weighted by Gasteiger charge is -2.28. The van der Waals surface area contributed by atoms with Crippen LogP contribution in [0, 0.1) is 6.92 Å². The summed E-state index contributed by atoms with van der Waals surface area (Å²) in [5.74, 6) is -0.880. The molecule has 7 heteroatoms. The zero-order valence-corrected chi connectivity index (χ0v) is 16.7. The van der Waals surface area contributed by atoms with Crippen LogP contribution in [0.5, 0.6) is 0 Å². The second-order valence-corrected chi connectivity index (χ2v) is 7.20. The molecule has 0 aliphatic carbocycles. The Morgan fingerprint density at radius 2 is 1.72 bits per heavy atom. The van der Waals surface area contributed by atoms with Gasteiger partial charge in [-0.15, -0.1) is 0 Å². The van der Waals surface area contributed by atoms with Crippen LogP contribution < -0.4 is 11.1 Å². The lowest BCUT2D eigenvalue weighted by Crippen LogP contribution is -2.53.